The predicted octanol–water partition coefficient (Wildman–Crippen LogP) is 4.94. The molecule has 4 bridgehead atoms. The molecule has 5 nitrogen and oxygen atoms in total. The van der Waals surface area contributed by atoms with Gasteiger partial charge in [0.2, 0.25) is 15.9 Å². The molecule has 0 aromatic heterocycles. The van der Waals surface area contributed by atoms with Gasteiger partial charge >= 0.3 is 0 Å². The van der Waals surface area contributed by atoms with Crippen LogP contribution < -0.4 is 9.62 Å². The van der Waals surface area contributed by atoms with E-state index in [9.17, 15) is 17.6 Å². The number of sulfonamides is 1. The molecule has 7 heteroatoms. The molecule has 0 unspecified atom stereocenters. The van der Waals surface area contributed by atoms with E-state index in [0.717, 1.165) is 33.9 Å². The standard InChI is InChI=1S/C27H33FN2O3S/c1-18(22-3-7-24(28)8-4-22)29-26(31)17-30(34(2,32)33)25-9-5-23(6-10-25)27-14-19-11-20(15-27)13-21(12-19)16-27/h3-10,18-21H,11-17H2,1-2H3,(H,29,31)/t18-,19?,20?,21?,27?/m0/s1. The highest BCUT2D eigenvalue weighted by molar-refractivity contribution is 7.92. The molecule has 34 heavy (non-hydrogen) atoms. The molecule has 0 spiro atoms. The zero-order valence-electron chi connectivity index (χ0n) is 19.8. The summed E-state index contributed by atoms with van der Waals surface area (Å²) >= 11 is 0. The average molecular weight is 485 g/mol. The molecule has 0 heterocycles. The number of carbonyl (C=O) groups is 1. The van der Waals surface area contributed by atoms with Crippen molar-refractivity contribution >= 4 is 21.6 Å². The summed E-state index contributed by atoms with van der Waals surface area (Å²) < 4.78 is 39.5. The Bertz CT molecular complexity index is 1130. The second-order valence-corrected chi connectivity index (χ2v) is 12.8. The molecule has 182 valence electrons. The lowest BCUT2D eigenvalue weighted by atomic mass is 9.48. The first kappa shape index (κ1) is 23.3. The summed E-state index contributed by atoms with van der Waals surface area (Å²) in [7, 11) is -3.65. The van der Waals surface area contributed by atoms with E-state index in [1.165, 1.54) is 56.2 Å². The van der Waals surface area contributed by atoms with Gasteiger partial charge in [-0.2, -0.15) is 0 Å². The zero-order chi connectivity index (χ0) is 24.1. The molecule has 0 radical (unpaired) electrons. The van der Waals surface area contributed by atoms with E-state index in [1.54, 1.807) is 19.1 Å². The Labute approximate surface area is 201 Å². The third kappa shape index (κ3) is 4.59. The van der Waals surface area contributed by atoms with E-state index in [1.807, 2.05) is 12.1 Å². The minimum atomic E-state index is -3.65. The molecule has 2 aromatic carbocycles. The molecular formula is C27H33FN2O3S. The summed E-state index contributed by atoms with van der Waals surface area (Å²) in [6.45, 7) is 1.48. The molecule has 0 saturated heterocycles. The molecule has 4 saturated carbocycles. The van der Waals surface area contributed by atoms with Crippen LogP contribution in [0.2, 0.25) is 0 Å². The molecular weight excluding hydrogens is 451 g/mol. The first-order chi connectivity index (χ1) is 16.1. The Morgan fingerprint density at radius 1 is 1.00 bits per heavy atom. The third-order valence-corrected chi connectivity index (χ3v) is 9.38. The summed E-state index contributed by atoms with van der Waals surface area (Å²) in [5.74, 6) is 1.76. The number of hydrogen-bond donors (Lipinski definition) is 1. The van der Waals surface area contributed by atoms with E-state index in [2.05, 4.69) is 17.4 Å². The van der Waals surface area contributed by atoms with Gasteiger partial charge in [-0.15, -0.1) is 0 Å². The van der Waals surface area contributed by atoms with Gasteiger partial charge in [-0.1, -0.05) is 24.3 Å². The van der Waals surface area contributed by atoms with Crippen LogP contribution in [0.1, 0.15) is 62.6 Å². The largest absolute Gasteiger partial charge is 0.348 e. The van der Waals surface area contributed by atoms with Crippen LogP contribution in [0.4, 0.5) is 10.1 Å². The van der Waals surface area contributed by atoms with E-state index in [-0.39, 0.29) is 23.8 Å². The van der Waals surface area contributed by atoms with E-state index >= 15 is 0 Å². The SMILES string of the molecule is C[C@H](NC(=O)CN(c1ccc(C23CC4CC(CC(C4)C2)C3)cc1)S(C)(=O)=O)c1ccc(F)cc1. The van der Waals surface area contributed by atoms with Crippen LogP contribution in [-0.4, -0.2) is 27.1 Å². The van der Waals surface area contributed by atoms with Gasteiger partial charge in [0.25, 0.3) is 0 Å². The molecule has 6 rings (SSSR count). The van der Waals surface area contributed by atoms with Crippen LogP contribution in [0.15, 0.2) is 48.5 Å². The molecule has 2 aromatic rings. The monoisotopic (exact) mass is 484 g/mol. The minimum absolute atomic E-state index is 0.241. The predicted molar refractivity (Wildman–Crippen MR) is 131 cm³/mol. The minimum Gasteiger partial charge on any atom is -0.348 e. The van der Waals surface area contributed by atoms with Crippen LogP contribution in [0.5, 0.6) is 0 Å². The number of carbonyl (C=O) groups excluding carboxylic acids is 1. The Hall–Kier alpha value is -2.41. The average Bonchev–Trinajstić information content (AvgIpc) is 2.76. The molecule has 4 aliphatic carbocycles. The maximum Gasteiger partial charge on any atom is 0.241 e. The third-order valence-electron chi connectivity index (χ3n) is 8.24. The fourth-order valence-electron chi connectivity index (χ4n) is 7.10. The number of hydrogen-bond acceptors (Lipinski definition) is 3. The van der Waals surface area contributed by atoms with Gasteiger partial charge < -0.3 is 5.32 Å². The Balaban J connectivity index is 1.31. The van der Waals surface area contributed by atoms with Gasteiger partial charge in [-0.3, -0.25) is 9.10 Å². The van der Waals surface area contributed by atoms with Crippen LogP contribution in [0.25, 0.3) is 0 Å². The van der Waals surface area contributed by atoms with Gasteiger partial charge in [-0.05, 0) is 104 Å². The normalized spacial score (nSPS) is 28.5. The first-order valence-corrected chi connectivity index (χ1v) is 14.1. The zero-order valence-corrected chi connectivity index (χ0v) is 20.7. The highest BCUT2D eigenvalue weighted by atomic mass is 32.2. The van der Waals surface area contributed by atoms with Crippen molar-refractivity contribution < 1.29 is 17.6 Å². The lowest BCUT2D eigenvalue weighted by molar-refractivity contribution is -0.120. The van der Waals surface area contributed by atoms with Gasteiger partial charge in [-0.25, -0.2) is 12.8 Å². The lowest BCUT2D eigenvalue weighted by Crippen LogP contribution is -2.48. The highest BCUT2D eigenvalue weighted by Gasteiger charge is 2.51. The van der Waals surface area contributed by atoms with Crippen LogP contribution in [-0.2, 0) is 20.2 Å². The van der Waals surface area contributed by atoms with Gasteiger partial charge in [0, 0.05) is 0 Å². The maximum absolute atomic E-state index is 13.2. The summed E-state index contributed by atoms with van der Waals surface area (Å²) in [6.07, 6.45) is 9.00. The van der Waals surface area contributed by atoms with Gasteiger partial charge in [0.1, 0.15) is 12.4 Å². The topological polar surface area (TPSA) is 66.5 Å². The number of rotatable bonds is 7. The molecule has 1 N–H and O–H groups in total. The van der Waals surface area contributed by atoms with Crippen molar-refractivity contribution in [3.8, 4) is 0 Å². The molecule has 0 aliphatic heterocycles. The number of halogens is 1. The van der Waals surface area contributed by atoms with Gasteiger partial charge in [0.05, 0.1) is 18.0 Å². The van der Waals surface area contributed by atoms with E-state index < -0.39 is 15.9 Å². The van der Waals surface area contributed by atoms with Crippen molar-refractivity contribution in [3.05, 3.63) is 65.5 Å². The number of amides is 1. The fraction of sp³-hybridized carbons (Fsp3) is 0.519. The number of nitrogens with one attached hydrogen (secondary N) is 1. The van der Waals surface area contributed by atoms with Gasteiger partial charge in [0.15, 0.2) is 0 Å². The van der Waals surface area contributed by atoms with Crippen LogP contribution in [0, 0.1) is 23.6 Å². The second kappa shape index (κ2) is 8.67. The van der Waals surface area contributed by atoms with E-state index in [4.69, 9.17) is 0 Å². The number of nitrogens with zero attached hydrogens (tertiary/aromatic N) is 1. The lowest BCUT2D eigenvalue weighted by Gasteiger charge is -2.57. The summed E-state index contributed by atoms with van der Waals surface area (Å²) in [5.41, 5.74) is 2.81. The van der Waals surface area contributed by atoms with Crippen molar-refractivity contribution in [3.63, 3.8) is 0 Å². The van der Waals surface area contributed by atoms with Crippen LogP contribution >= 0.6 is 0 Å². The molecule has 1 atom stereocenters. The van der Waals surface area contributed by atoms with Crippen molar-refractivity contribution in [1.82, 2.24) is 5.32 Å². The summed E-state index contributed by atoms with van der Waals surface area (Å²) in [5, 5.41) is 2.82. The number of benzene rings is 2. The molecule has 4 fully saturated rings. The fourth-order valence-corrected chi connectivity index (χ4v) is 7.95. The van der Waals surface area contributed by atoms with E-state index in [0.29, 0.717) is 5.69 Å². The first-order valence-electron chi connectivity index (χ1n) is 12.2. The van der Waals surface area contributed by atoms with Crippen LogP contribution in [0.3, 0.4) is 0 Å². The molecule has 1 amide bonds. The summed E-state index contributed by atoms with van der Waals surface area (Å²) in [6, 6.07) is 13.4. The Morgan fingerprint density at radius 2 is 1.53 bits per heavy atom. The van der Waals surface area contributed by atoms with Crippen molar-refractivity contribution in [2.45, 2.75) is 56.9 Å². The molecule has 4 aliphatic rings. The second-order valence-electron chi connectivity index (χ2n) is 10.9. The van der Waals surface area contributed by atoms with Crippen molar-refractivity contribution in [2.75, 3.05) is 17.1 Å². The Morgan fingerprint density at radius 3 is 2.03 bits per heavy atom. The maximum atomic E-state index is 13.2. The number of anilines is 1. The Kier molecular flexibility index (Phi) is 5.95. The summed E-state index contributed by atoms with van der Waals surface area (Å²) in [4.78, 5) is 12.7. The quantitative estimate of drug-likeness (QED) is 0.606. The van der Waals surface area contributed by atoms with Crippen molar-refractivity contribution in [1.29, 1.82) is 0 Å². The highest BCUT2D eigenvalue weighted by Crippen LogP contribution is 2.60. The van der Waals surface area contributed by atoms with Crippen molar-refractivity contribution in [2.24, 2.45) is 17.8 Å². The smallest absolute Gasteiger partial charge is 0.241 e.